The maximum absolute atomic E-state index is 13.8. The zero-order valence-corrected chi connectivity index (χ0v) is 14.6. The van der Waals surface area contributed by atoms with Gasteiger partial charge in [-0.25, -0.2) is 4.39 Å². The summed E-state index contributed by atoms with van der Waals surface area (Å²) in [4.78, 5) is 10.1. The van der Waals surface area contributed by atoms with Crippen molar-refractivity contribution in [3.8, 4) is 0 Å². The predicted octanol–water partition coefficient (Wildman–Crippen LogP) is 3.89. The van der Waals surface area contributed by atoms with E-state index in [1.54, 1.807) is 18.2 Å². The van der Waals surface area contributed by atoms with Gasteiger partial charge in [0.05, 0.1) is 18.3 Å². The maximum Gasteiger partial charge on any atom is 0.327 e. The monoisotopic (exact) mass is 356 g/mol. The molecule has 1 aromatic carbocycles. The van der Waals surface area contributed by atoms with Crippen LogP contribution in [0.1, 0.15) is 45.1 Å². The molecule has 4 nitrogen and oxygen atoms in total. The van der Waals surface area contributed by atoms with Gasteiger partial charge in [0.15, 0.2) is 4.87 Å². The molecule has 1 unspecified atom stereocenters. The molecule has 24 heavy (non-hydrogen) atoms. The van der Waals surface area contributed by atoms with Crippen molar-refractivity contribution in [2.75, 3.05) is 0 Å². The van der Waals surface area contributed by atoms with Crippen LogP contribution in [0.25, 0.3) is 0 Å². The van der Waals surface area contributed by atoms with Crippen LogP contribution in [0.4, 0.5) is 4.39 Å². The Balaban J connectivity index is 1.80. The molecule has 1 N–H and O–H groups in total. The molecule has 0 amide bonds. The normalized spacial score (nSPS) is 34.2. The van der Waals surface area contributed by atoms with Gasteiger partial charge in [0.1, 0.15) is 11.4 Å². The SMILES string of the molecule is CC[C@]12CC[C@](C(C)(Cl)C(=O)O)(C[C@H]1OCc1ccccc1F)O2. The minimum Gasteiger partial charge on any atom is -0.480 e. The van der Waals surface area contributed by atoms with Gasteiger partial charge in [0.2, 0.25) is 0 Å². The highest BCUT2D eigenvalue weighted by molar-refractivity contribution is 6.34. The summed E-state index contributed by atoms with van der Waals surface area (Å²) in [6.07, 6.45) is 2.09. The zero-order valence-electron chi connectivity index (χ0n) is 13.9. The molecule has 2 heterocycles. The topological polar surface area (TPSA) is 55.8 Å². The first kappa shape index (κ1) is 17.6. The lowest BCUT2D eigenvalue weighted by Gasteiger charge is -2.36. The summed E-state index contributed by atoms with van der Waals surface area (Å²) < 4.78 is 26.0. The van der Waals surface area contributed by atoms with Gasteiger partial charge in [-0.2, -0.15) is 0 Å². The zero-order chi connectivity index (χ0) is 17.6. The molecule has 2 aliphatic heterocycles. The summed E-state index contributed by atoms with van der Waals surface area (Å²) in [6, 6.07) is 6.47. The third-order valence-electron chi connectivity index (χ3n) is 5.71. The van der Waals surface area contributed by atoms with Crippen molar-refractivity contribution in [1.29, 1.82) is 0 Å². The van der Waals surface area contributed by atoms with Crippen molar-refractivity contribution in [2.45, 2.75) is 68.3 Å². The number of hydrogen-bond donors (Lipinski definition) is 1. The van der Waals surface area contributed by atoms with E-state index in [4.69, 9.17) is 21.1 Å². The van der Waals surface area contributed by atoms with Gasteiger partial charge in [-0.3, -0.25) is 4.79 Å². The molecule has 0 aliphatic carbocycles. The number of hydrogen-bond acceptors (Lipinski definition) is 3. The number of carboxylic acid groups (broad SMARTS) is 1. The fourth-order valence-corrected chi connectivity index (χ4v) is 4.18. The van der Waals surface area contributed by atoms with E-state index in [0.29, 0.717) is 31.2 Å². The number of fused-ring (bicyclic) bond motifs is 2. The van der Waals surface area contributed by atoms with Gasteiger partial charge >= 0.3 is 5.97 Å². The fourth-order valence-electron chi connectivity index (χ4n) is 3.97. The number of benzene rings is 1. The molecule has 2 aliphatic rings. The van der Waals surface area contributed by atoms with Gasteiger partial charge in [-0.15, -0.1) is 11.6 Å². The van der Waals surface area contributed by atoms with Crippen LogP contribution in [0.15, 0.2) is 24.3 Å². The van der Waals surface area contributed by atoms with E-state index in [2.05, 4.69) is 0 Å². The van der Waals surface area contributed by atoms with E-state index < -0.39 is 22.0 Å². The van der Waals surface area contributed by atoms with E-state index in [0.717, 1.165) is 0 Å². The summed E-state index contributed by atoms with van der Waals surface area (Å²) >= 11 is 6.35. The molecule has 2 bridgehead atoms. The third-order valence-corrected chi connectivity index (χ3v) is 6.21. The Morgan fingerprint density at radius 1 is 1.50 bits per heavy atom. The number of carboxylic acids is 1. The molecule has 0 radical (unpaired) electrons. The minimum atomic E-state index is -1.51. The molecule has 3 rings (SSSR count). The number of ether oxygens (including phenoxy) is 2. The molecule has 1 aromatic rings. The Labute approximate surface area is 145 Å². The highest BCUT2D eigenvalue weighted by Gasteiger charge is 2.69. The van der Waals surface area contributed by atoms with Crippen molar-refractivity contribution < 1.29 is 23.8 Å². The summed E-state index contributed by atoms with van der Waals surface area (Å²) in [5, 5.41) is 9.50. The number of halogens is 2. The second-order valence-corrected chi connectivity index (χ2v) is 7.67. The summed E-state index contributed by atoms with van der Waals surface area (Å²) in [6.45, 7) is 3.61. The molecule has 0 saturated carbocycles. The smallest absolute Gasteiger partial charge is 0.327 e. The highest BCUT2D eigenvalue weighted by atomic mass is 35.5. The van der Waals surface area contributed by atoms with Crippen molar-refractivity contribution in [2.24, 2.45) is 0 Å². The molecule has 4 atom stereocenters. The second-order valence-electron chi connectivity index (χ2n) is 6.92. The van der Waals surface area contributed by atoms with Gasteiger partial charge < -0.3 is 14.6 Å². The fraction of sp³-hybridized carbons (Fsp3) is 0.611. The lowest BCUT2D eigenvalue weighted by atomic mass is 9.73. The van der Waals surface area contributed by atoms with Crippen molar-refractivity contribution in [3.63, 3.8) is 0 Å². The van der Waals surface area contributed by atoms with Crippen LogP contribution in [0.5, 0.6) is 0 Å². The molecule has 0 aromatic heterocycles. The lowest BCUT2D eigenvalue weighted by Crippen LogP contribution is -2.52. The first-order valence-electron chi connectivity index (χ1n) is 8.24. The van der Waals surface area contributed by atoms with Crippen molar-refractivity contribution in [1.82, 2.24) is 0 Å². The van der Waals surface area contributed by atoms with Crippen LogP contribution in [0.2, 0.25) is 0 Å². The predicted molar refractivity (Wildman–Crippen MR) is 87.6 cm³/mol. The summed E-state index contributed by atoms with van der Waals surface area (Å²) in [7, 11) is 0. The molecule has 132 valence electrons. The van der Waals surface area contributed by atoms with Gasteiger partial charge in [0, 0.05) is 12.0 Å². The number of aliphatic carboxylic acids is 1. The Hall–Kier alpha value is -1.17. The summed E-state index contributed by atoms with van der Waals surface area (Å²) in [5.41, 5.74) is -1.01. The second kappa shape index (κ2) is 5.97. The number of rotatable bonds is 6. The van der Waals surface area contributed by atoms with Crippen LogP contribution in [-0.2, 0) is 20.9 Å². The van der Waals surface area contributed by atoms with Gasteiger partial charge in [-0.1, -0.05) is 25.1 Å². The van der Waals surface area contributed by atoms with Crippen LogP contribution in [0.3, 0.4) is 0 Å². The van der Waals surface area contributed by atoms with Crippen LogP contribution in [-0.4, -0.2) is 33.3 Å². The highest BCUT2D eigenvalue weighted by Crippen LogP contribution is 2.59. The van der Waals surface area contributed by atoms with Crippen LogP contribution in [0, 0.1) is 5.82 Å². The van der Waals surface area contributed by atoms with Gasteiger partial charge in [-0.05, 0) is 32.3 Å². The third kappa shape index (κ3) is 2.54. The standard InChI is InChI=1S/C18H22ClFO4/c1-3-17-8-9-18(24-17,16(2,19)15(21)22)10-14(17)23-11-12-6-4-5-7-13(12)20/h4-7,14H,3,8-11H2,1-2H3,(H,21,22)/t14-,16?,17+,18-/m1/s1. The number of carbonyl (C=O) groups is 1. The average molecular weight is 357 g/mol. The number of alkyl halides is 1. The molecule has 2 fully saturated rings. The van der Waals surface area contributed by atoms with E-state index in [1.807, 2.05) is 6.92 Å². The molecule has 0 spiro atoms. The van der Waals surface area contributed by atoms with Crippen LogP contribution >= 0.6 is 11.6 Å². The van der Waals surface area contributed by atoms with Crippen LogP contribution < -0.4 is 0 Å². The minimum absolute atomic E-state index is 0.130. The first-order valence-corrected chi connectivity index (χ1v) is 8.62. The van der Waals surface area contributed by atoms with Crippen molar-refractivity contribution in [3.05, 3.63) is 35.6 Å². The Morgan fingerprint density at radius 2 is 2.21 bits per heavy atom. The lowest BCUT2D eigenvalue weighted by molar-refractivity contribution is -0.151. The first-order chi connectivity index (χ1) is 11.3. The quantitative estimate of drug-likeness (QED) is 0.785. The van der Waals surface area contributed by atoms with Crippen molar-refractivity contribution >= 4 is 17.6 Å². The van der Waals surface area contributed by atoms with E-state index in [-0.39, 0.29) is 18.5 Å². The molecular formula is C18H22ClFO4. The maximum atomic E-state index is 13.8. The van der Waals surface area contributed by atoms with E-state index >= 15 is 0 Å². The van der Waals surface area contributed by atoms with E-state index in [1.165, 1.54) is 13.0 Å². The average Bonchev–Trinajstić information content (AvgIpc) is 3.10. The molecule has 6 heteroatoms. The largest absolute Gasteiger partial charge is 0.480 e. The molecule has 2 saturated heterocycles. The molecular weight excluding hydrogens is 335 g/mol. The van der Waals surface area contributed by atoms with E-state index in [9.17, 15) is 14.3 Å². The Kier molecular flexibility index (Phi) is 4.39. The van der Waals surface area contributed by atoms with Gasteiger partial charge in [0.25, 0.3) is 0 Å². The Bertz CT molecular complexity index is 650. The Morgan fingerprint density at radius 3 is 2.83 bits per heavy atom. The summed E-state index contributed by atoms with van der Waals surface area (Å²) in [5.74, 6) is -1.40.